The van der Waals surface area contributed by atoms with Crippen molar-refractivity contribution in [3.8, 4) is 11.5 Å². The number of pyridine rings is 1. The number of nitrogens with zero attached hydrogens (tertiary/aromatic N) is 2. The van der Waals surface area contributed by atoms with E-state index in [-0.39, 0.29) is 11.9 Å². The van der Waals surface area contributed by atoms with Gasteiger partial charge in [0.05, 0.1) is 31.3 Å². The second-order valence-corrected chi connectivity index (χ2v) is 7.04. The highest BCUT2D eigenvalue weighted by Gasteiger charge is 2.33. The largest absolute Gasteiger partial charge is 0.496 e. The van der Waals surface area contributed by atoms with Crippen LogP contribution in [0.4, 0.5) is 0 Å². The van der Waals surface area contributed by atoms with E-state index >= 15 is 0 Å². The van der Waals surface area contributed by atoms with Gasteiger partial charge in [-0.1, -0.05) is 18.2 Å². The first-order valence-electron chi connectivity index (χ1n) is 9.55. The van der Waals surface area contributed by atoms with E-state index in [4.69, 9.17) is 9.47 Å². The van der Waals surface area contributed by atoms with Crippen molar-refractivity contribution >= 4 is 16.8 Å². The Morgan fingerprint density at radius 3 is 2.61 bits per heavy atom. The summed E-state index contributed by atoms with van der Waals surface area (Å²) in [7, 11) is 3.31. The smallest absolute Gasteiger partial charge is 0.223 e. The number of hydrogen-bond acceptors (Lipinski definition) is 4. The van der Waals surface area contributed by atoms with Crippen LogP contribution in [0.15, 0.2) is 54.7 Å². The monoisotopic (exact) mass is 376 g/mol. The van der Waals surface area contributed by atoms with Crippen LogP contribution >= 0.6 is 0 Å². The standard InChI is InChI=1S/C23H24N2O3/c1-27-20-8-4-9-21(28-2)23(20)19-7-3-10-22(26)25(19)15-16-11-12-18-17(14-16)6-5-13-24-18/h4-6,8-9,11-14,19H,3,7,10,15H2,1-2H3/t19-/m1/s1. The first-order chi connectivity index (χ1) is 13.7. The fourth-order valence-corrected chi connectivity index (χ4v) is 4.05. The SMILES string of the molecule is COc1cccc(OC)c1[C@H]1CCCC(=O)N1Cc1ccc2ncccc2c1. The van der Waals surface area contributed by atoms with E-state index in [1.165, 1.54) is 0 Å². The highest BCUT2D eigenvalue weighted by Crippen LogP contribution is 2.42. The molecular weight excluding hydrogens is 352 g/mol. The quantitative estimate of drug-likeness (QED) is 0.658. The van der Waals surface area contributed by atoms with Crippen molar-refractivity contribution in [3.05, 3.63) is 65.9 Å². The van der Waals surface area contributed by atoms with Crippen molar-refractivity contribution in [1.29, 1.82) is 0 Å². The van der Waals surface area contributed by atoms with Gasteiger partial charge in [0.1, 0.15) is 11.5 Å². The first-order valence-corrected chi connectivity index (χ1v) is 9.55. The Labute approximate surface area is 164 Å². The van der Waals surface area contributed by atoms with Crippen molar-refractivity contribution in [2.24, 2.45) is 0 Å². The Balaban J connectivity index is 1.72. The molecule has 1 atom stereocenters. The lowest BCUT2D eigenvalue weighted by Gasteiger charge is -2.37. The predicted molar refractivity (Wildman–Crippen MR) is 108 cm³/mol. The van der Waals surface area contributed by atoms with Crippen molar-refractivity contribution in [3.63, 3.8) is 0 Å². The summed E-state index contributed by atoms with van der Waals surface area (Å²) in [4.78, 5) is 19.2. The molecule has 1 amide bonds. The van der Waals surface area contributed by atoms with E-state index in [2.05, 4.69) is 11.1 Å². The maximum Gasteiger partial charge on any atom is 0.223 e. The van der Waals surface area contributed by atoms with Crippen LogP contribution in [0.3, 0.4) is 0 Å². The normalized spacial score (nSPS) is 17.0. The predicted octanol–water partition coefficient (Wildman–Crippen LogP) is 4.51. The van der Waals surface area contributed by atoms with E-state index < -0.39 is 0 Å². The van der Waals surface area contributed by atoms with E-state index in [0.717, 1.165) is 46.4 Å². The molecule has 0 radical (unpaired) electrons. The molecule has 5 heteroatoms. The Morgan fingerprint density at radius 1 is 1.07 bits per heavy atom. The summed E-state index contributed by atoms with van der Waals surface area (Å²) in [6.45, 7) is 0.551. The number of amides is 1. The molecule has 5 nitrogen and oxygen atoms in total. The number of piperidine rings is 1. The van der Waals surface area contributed by atoms with E-state index in [0.29, 0.717) is 13.0 Å². The maximum absolute atomic E-state index is 12.9. The zero-order chi connectivity index (χ0) is 19.5. The second-order valence-electron chi connectivity index (χ2n) is 7.04. The van der Waals surface area contributed by atoms with Crippen LogP contribution in [0.1, 0.15) is 36.4 Å². The average molecular weight is 376 g/mol. The van der Waals surface area contributed by atoms with E-state index in [1.54, 1.807) is 20.4 Å². The van der Waals surface area contributed by atoms with E-state index in [1.807, 2.05) is 47.4 Å². The number of hydrogen-bond donors (Lipinski definition) is 0. The van der Waals surface area contributed by atoms with Crippen LogP contribution in [0.25, 0.3) is 10.9 Å². The molecule has 1 fully saturated rings. The highest BCUT2D eigenvalue weighted by atomic mass is 16.5. The van der Waals surface area contributed by atoms with Gasteiger partial charge in [0.15, 0.2) is 0 Å². The van der Waals surface area contributed by atoms with Crippen molar-refractivity contribution < 1.29 is 14.3 Å². The van der Waals surface area contributed by atoms with Gasteiger partial charge in [-0.15, -0.1) is 0 Å². The van der Waals surface area contributed by atoms with Crippen LogP contribution < -0.4 is 9.47 Å². The Bertz CT molecular complexity index is 980. The summed E-state index contributed by atoms with van der Waals surface area (Å²) in [5.41, 5.74) is 3.00. The van der Waals surface area contributed by atoms with E-state index in [9.17, 15) is 4.79 Å². The van der Waals surface area contributed by atoms with Gasteiger partial charge in [0, 0.05) is 24.5 Å². The summed E-state index contributed by atoms with van der Waals surface area (Å²) in [5.74, 6) is 1.68. The zero-order valence-electron chi connectivity index (χ0n) is 16.2. The molecular formula is C23H24N2O3. The fourth-order valence-electron chi connectivity index (χ4n) is 4.05. The topological polar surface area (TPSA) is 51.7 Å². The van der Waals surface area contributed by atoms with Crippen molar-refractivity contribution in [1.82, 2.24) is 9.88 Å². The van der Waals surface area contributed by atoms with Gasteiger partial charge in [-0.2, -0.15) is 0 Å². The molecule has 0 N–H and O–H groups in total. The number of aromatic nitrogens is 1. The molecule has 1 aromatic heterocycles. The summed E-state index contributed by atoms with van der Waals surface area (Å²) in [6.07, 6.45) is 4.11. The van der Waals surface area contributed by atoms with Crippen LogP contribution in [0.5, 0.6) is 11.5 Å². The number of carbonyl (C=O) groups is 1. The Hall–Kier alpha value is -3.08. The number of fused-ring (bicyclic) bond motifs is 1. The minimum atomic E-state index is -0.0723. The third-order valence-electron chi connectivity index (χ3n) is 5.38. The number of methoxy groups -OCH3 is 2. The Kier molecular flexibility index (Phi) is 5.15. The summed E-state index contributed by atoms with van der Waals surface area (Å²) in [5, 5.41) is 1.08. The lowest BCUT2D eigenvalue weighted by atomic mass is 9.92. The minimum absolute atomic E-state index is 0.0723. The van der Waals surface area contributed by atoms with Crippen LogP contribution in [-0.2, 0) is 11.3 Å². The molecule has 4 rings (SSSR count). The number of benzene rings is 2. The molecule has 0 spiro atoms. The number of likely N-dealkylation sites (tertiary alicyclic amines) is 1. The van der Waals surface area contributed by atoms with Gasteiger partial charge in [-0.3, -0.25) is 9.78 Å². The minimum Gasteiger partial charge on any atom is -0.496 e. The molecule has 0 bridgehead atoms. The molecule has 0 aliphatic carbocycles. The maximum atomic E-state index is 12.9. The number of carbonyl (C=O) groups excluding carboxylic acids is 1. The molecule has 0 unspecified atom stereocenters. The second kappa shape index (κ2) is 7.89. The van der Waals surface area contributed by atoms with Gasteiger partial charge in [0.2, 0.25) is 5.91 Å². The Morgan fingerprint density at radius 2 is 1.86 bits per heavy atom. The molecule has 2 aromatic carbocycles. The molecule has 1 aliphatic heterocycles. The number of rotatable bonds is 5. The summed E-state index contributed by atoms with van der Waals surface area (Å²) >= 11 is 0. The third-order valence-corrected chi connectivity index (χ3v) is 5.38. The van der Waals surface area contributed by atoms with Crippen molar-refractivity contribution in [2.75, 3.05) is 14.2 Å². The third kappa shape index (κ3) is 3.40. The lowest BCUT2D eigenvalue weighted by molar-refractivity contribution is -0.137. The van der Waals surface area contributed by atoms with Gasteiger partial charge >= 0.3 is 0 Å². The molecule has 2 heterocycles. The molecule has 1 aliphatic rings. The van der Waals surface area contributed by atoms with Crippen LogP contribution in [0, 0.1) is 0 Å². The molecule has 3 aromatic rings. The highest BCUT2D eigenvalue weighted by molar-refractivity contribution is 5.80. The van der Waals surface area contributed by atoms with Crippen LogP contribution in [0.2, 0.25) is 0 Å². The molecule has 28 heavy (non-hydrogen) atoms. The molecule has 144 valence electrons. The van der Waals surface area contributed by atoms with Crippen LogP contribution in [-0.4, -0.2) is 30.0 Å². The lowest BCUT2D eigenvalue weighted by Crippen LogP contribution is -2.38. The average Bonchev–Trinajstić information content (AvgIpc) is 2.74. The van der Waals surface area contributed by atoms with Gasteiger partial charge in [-0.25, -0.2) is 0 Å². The van der Waals surface area contributed by atoms with Gasteiger partial charge in [-0.05, 0) is 48.7 Å². The van der Waals surface area contributed by atoms with Gasteiger partial charge < -0.3 is 14.4 Å². The summed E-state index contributed by atoms with van der Waals surface area (Å²) < 4.78 is 11.2. The molecule has 1 saturated heterocycles. The van der Waals surface area contributed by atoms with Gasteiger partial charge in [0.25, 0.3) is 0 Å². The first kappa shape index (κ1) is 18.3. The zero-order valence-corrected chi connectivity index (χ0v) is 16.2. The van der Waals surface area contributed by atoms with Crippen molar-refractivity contribution in [2.45, 2.75) is 31.8 Å². The number of ether oxygens (including phenoxy) is 2. The molecule has 0 saturated carbocycles. The summed E-state index contributed by atoms with van der Waals surface area (Å²) in [6, 6.07) is 15.8. The fraction of sp³-hybridized carbons (Fsp3) is 0.304.